The van der Waals surface area contributed by atoms with E-state index >= 15 is 0 Å². The number of nitrogens with zero attached hydrogens (tertiary/aromatic N) is 1. The van der Waals surface area contributed by atoms with E-state index in [-0.39, 0.29) is 50.5 Å². The summed E-state index contributed by atoms with van der Waals surface area (Å²) in [5.41, 5.74) is 3.11. The lowest BCUT2D eigenvalue weighted by Gasteiger charge is -2.43. The van der Waals surface area contributed by atoms with Crippen LogP contribution in [0.1, 0.15) is 30.6 Å². The normalized spacial score (nSPS) is 28.3. The van der Waals surface area contributed by atoms with Gasteiger partial charge in [-0.2, -0.15) is 0 Å². The van der Waals surface area contributed by atoms with Gasteiger partial charge in [0.2, 0.25) is 5.91 Å². The van der Waals surface area contributed by atoms with Gasteiger partial charge in [-0.15, -0.1) is 0 Å². The van der Waals surface area contributed by atoms with Crippen LogP contribution in [-0.2, 0) is 25.5 Å². The summed E-state index contributed by atoms with van der Waals surface area (Å²) in [5.74, 6) is -0.565. The van der Waals surface area contributed by atoms with E-state index in [9.17, 15) is 14.0 Å². The first-order valence-electron chi connectivity index (χ1n) is 10.3. The number of morpholine rings is 1. The molecule has 3 aliphatic rings. The standard InChI is InChI=1S/C23H23FN2O4.H2/c24-16-7-5-15(6-8-16)22-17-4-2-1-3-14(17)9-10-26(22)23(28)20-11-19-18(12-29-20)25-21(27)13-30-19;/h1-8,18-20,22H,9-13H2,(H,25,27);1H/t18-,19+,20-,22+;/m1./s1. The van der Waals surface area contributed by atoms with Gasteiger partial charge >= 0.3 is 0 Å². The Labute approximate surface area is 175 Å². The number of halogens is 1. The van der Waals surface area contributed by atoms with Crippen molar-refractivity contribution in [2.45, 2.75) is 37.1 Å². The number of carbonyl (C=O) groups is 2. The molecule has 2 aromatic rings. The van der Waals surface area contributed by atoms with Gasteiger partial charge in [0.1, 0.15) is 18.5 Å². The summed E-state index contributed by atoms with van der Waals surface area (Å²) in [7, 11) is 0. The SMILES string of the molecule is O=C1CO[C@H]2C[C@H](C(=O)N3CCc4ccccc4[C@@H]3c3ccc(F)cc3)OC[C@H]2N1.[HH]. The minimum absolute atomic E-state index is 0. The molecule has 0 spiro atoms. The number of benzene rings is 2. The molecule has 0 aromatic heterocycles. The summed E-state index contributed by atoms with van der Waals surface area (Å²) in [6.07, 6.45) is 0.296. The fourth-order valence-electron chi connectivity index (χ4n) is 4.69. The summed E-state index contributed by atoms with van der Waals surface area (Å²) >= 11 is 0. The molecule has 0 saturated carbocycles. The lowest BCUT2D eigenvalue weighted by Crippen LogP contribution is -2.60. The average Bonchev–Trinajstić information content (AvgIpc) is 2.78. The molecule has 2 fully saturated rings. The number of ether oxygens (including phenoxy) is 2. The van der Waals surface area contributed by atoms with E-state index in [1.165, 1.54) is 17.7 Å². The van der Waals surface area contributed by atoms with Crippen LogP contribution in [0.3, 0.4) is 0 Å². The number of rotatable bonds is 2. The minimum Gasteiger partial charge on any atom is -0.366 e. The van der Waals surface area contributed by atoms with E-state index < -0.39 is 6.10 Å². The molecule has 2 saturated heterocycles. The predicted octanol–water partition coefficient (Wildman–Crippen LogP) is 2.22. The van der Waals surface area contributed by atoms with Gasteiger partial charge in [-0.05, 0) is 35.2 Å². The second kappa shape index (κ2) is 7.81. The van der Waals surface area contributed by atoms with Crippen molar-refractivity contribution in [2.24, 2.45) is 0 Å². The predicted molar refractivity (Wildman–Crippen MR) is 108 cm³/mol. The summed E-state index contributed by atoms with van der Waals surface area (Å²) in [5, 5.41) is 2.86. The highest BCUT2D eigenvalue weighted by atomic mass is 19.1. The highest BCUT2D eigenvalue weighted by molar-refractivity contribution is 5.83. The van der Waals surface area contributed by atoms with Crippen LogP contribution in [0.25, 0.3) is 0 Å². The maximum absolute atomic E-state index is 13.5. The van der Waals surface area contributed by atoms with Gasteiger partial charge in [0.05, 0.1) is 24.8 Å². The Morgan fingerprint density at radius 1 is 1.13 bits per heavy atom. The van der Waals surface area contributed by atoms with E-state index in [1.54, 1.807) is 12.1 Å². The van der Waals surface area contributed by atoms with Gasteiger partial charge in [-0.1, -0.05) is 36.4 Å². The third-order valence-electron chi connectivity index (χ3n) is 6.17. The third-order valence-corrected chi connectivity index (χ3v) is 6.17. The second-order valence-corrected chi connectivity index (χ2v) is 8.02. The molecular formula is C23H25FN2O4. The van der Waals surface area contributed by atoms with Crippen molar-refractivity contribution in [1.29, 1.82) is 0 Å². The van der Waals surface area contributed by atoms with Crippen molar-refractivity contribution in [3.8, 4) is 0 Å². The van der Waals surface area contributed by atoms with Crippen LogP contribution in [0, 0.1) is 5.82 Å². The first kappa shape index (κ1) is 19.2. The van der Waals surface area contributed by atoms with Gasteiger partial charge in [0, 0.05) is 14.4 Å². The Hall–Kier alpha value is -2.77. The molecule has 6 nitrogen and oxygen atoms in total. The van der Waals surface area contributed by atoms with Crippen molar-refractivity contribution in [1.82, 2.24) is 10.2 Å². The van der Waals surface area contributed by atoms with Crippen LogP contribution in [0.2, 0.25) is 0 Å². The van der Waals surface area contributed by atoms with Crippen LogP contribution in [0.5, 0.6) is 0 Å². The summed E-state index contributed by atoms with van der Waals surface area (Å²) in [4.78, 5) is 26.9. The molecule has 3 aliphatic heterocycles. The van der Waals surface area contributed by atoms with E-state index in [0.29, 0.717) is 13.0 Å². The molecule has 30 heavy (non-hydrogen) atoms. The Bertz CT molecular complexity index is 970. The van der Waals surface area contributed by atoms with Crippen molar-refractivity contribution < 1.29 is 24.9 Å². The summed E-state index contributed by atoms with van der Waals surface area (Å²) in [6.45, 7) is 0.819. The summed E-state index contributed by atoms with van der Waals surface area (Å²) < 4.78 is 25.0. The number of amides is 2. The zero-order valence-corrected chi connectivity index (χ0v) is 16.4. The number of fused-ring (bicyclic) bond motifs is 2. The lowest BCUT2D eigenvalue weighted by atomic mass is 9.87. The summed E-state index contributed by atoms with van der Waals surface area (Å²) in [6, 6.07) is 13.9. The molecule has 2 amide bonds. The Morgan fingerprint density at radius 3 is 2.77 bits per heavy atom. The molecule has 0 aliphatic carbocycles. The quantitative estimate of drug-likeness (QED) is 0.822. The fraction of sp³-hybridized carbons (Fsp3) is 0.391. The minimum atomic E-state index is -0.630. The van der Waals surface area contributed by atoms with Gasteiger partial charge in [0.25, 0.3) is 5.91 Å². The molecule has 0 radical (unpaired) electrons. The monoisotopic (exact) mass is 412 g/mol. The second-order valence-electron chi connectivity index (χ2n) is 8.02. The van der Waals surface area contributed by atoms with Crippen LogP contribution in [-0.4, -0.2) is 54.7 Å². The van der Waals surface area contributed by atoms with Crippen molar-refractivity contribution in [2.75, 3.05) is 19.8 Å². The molecule has 3 heterocycles. The highest BCUT2D eigenvalue weighted by Crippen LogP contribution is 2.36. The van der Waals surface area contributed by atoms with Crippen LogP contribution >= 0.6 is 0 Å². The van der Waals surface area contributed by atoms with E-state index in [4.69, 9.17) is 9.47 Å². The number of nitrogens with one attached hydrogen (secondary N) is 1. The zero-order chi connectivity index (χ0) is 20.7. The molecule has 5 rings (SSSR count). The maximum atomic E-state index is 13.5. The fourth-order valence-corrected chi connectivity index (χ4v) is 4.69. The van der Waals surface area contributed by atoms with Gasteiger partial charge in [0.15, 0.2) is 0 Å². The first-order chi connectivity index (χ1) is 14.6. The Balaban J connectivity index is 0.00000231. The largest absolute Gasteiger partial charge is 0.366 e. The van der Waals surface area contributed by atoms with Crippen molar-refractivity contribution in [3.63, 3.8) is 0 Å². The lowest BCUT2D eigenvalue weighted by molar-refractivity contribution is -0.166. The molecule has 4 atom stereocenters. The molecular weight excluding hydrogens is 387 g/mol. The van der Waals surface area contributed by atoms with Crippen LogP contribution in [0.4, 0.5) is 4.39 Å². The zero-order valence-electron chi connectivity index (χ0n) is 16.4. The topological polar surface area (TPSA) is 67.9 Å². The average molecular weight is 412 g/mol. The van der Waals surface area contributed by atoms with Gasteiger partial charge < -0.3 is 19.7 Å². The number of hydrogen-bond donors (Lipinski definition) is 1. The molecule has 7 heteroatoms. The van der Waals surface area contributed by atoms with Crippen LogP contribution in [0.15, 0.2) is 48.5 Å². The van der Waals surface area contributed by atoms with E-state index in [0.717, 1.165) is 17.5 Å². The van der Waals surface area contributed by atoms with Crippen molar-refractivity contribution >= 4 is 11.8 Å². The van der Waals surface area contributed by atoms with Gasteiger partial charge in [-0.3, -0.25) is 9.59 Å². The number of carbonyl (C=O) groups excluding carboxylic acids is 2. The maximum Gasteiger partial charge on any atom is 0.252 e. The van der Waals surface area contributed by atoms with Crippen molar-refractivity contribution in [3.05, 3.63) is 71.0 Å². The van der Waals surface area contributed by atoms with E-state index in [1.807, 2.05) is 23.1 Å². The molecule has 1 N–H and O–H groups in total. The first-order valence-corrected chi connectivity index (χ1v) is 10.3. The molecule has 2 aromatic carbocycles. The van der Waals surface area contributed by atoms with E-state index in [2.05, 4.69) is 11.4 Å². The molecule has 0 bridgehead atoms. The van der Waals surface area contributed by atoms with Crippen LogP contribution < -0.4 is 5.32 Å². The smallest absolute Gasteiger partial charge is 0.252 e. The number of hydrogen-bond acceptors (Lipinski definition) is 4. The third kappa shape index (κ3) is 3.48. The highest BCUT2D eigenvalue weighted by Gasteiger charge is 2.42. The molecule has 0 unspecified atom stereocenters. The Kier molecular flexibility index (Phi) is 5.00. The Morgan fingerprint density at radius 2 is 1.93 bits per heavy atom. The van der Waals surface area contributed by atoms with Gasteiger partial charge in [-0.25, -0.2) is 4.39 Å². The molecule has 158 valence electrons.